The van der Waals surface area contributed by atoms with Gasteiger partial charge in [0, 0.05) is 0 Å². The fourth-order valence-electron chi connectivity index (χ4n) is 10.2. The van der Waals surface area contributed by atoms with Gasteiger partial charge < -0.3 is 0 Å². The quantitative estimate of drug-likeness (QED) is 0.106. The van der Waals surface area contributed by atoms with Crippen LogP contribution in [0.2, 0.25) is 0 Å². The number of benzene rings is 12. The van der Waals surface area contributed by atoms with Crippen molar-refractivity contribution in [2.24, 2.45) is 0 Å². The molecule has 0 aliphatic carbocycles. The third-order valence-corrected chi connectivity index (χ3v) is 13.2. The lowest BCUT2D eigenvalue weighted by molar-refractivity contribution is 1.58. The molecule has 0 amide bonds. The minimum atomic E-state index is 1.16. The first-order chi connectivity index (χ1) is 32.7. The van der Waals surface area contributed by atoms with E-state index in [1.807, 2.05) is 0 Å². The van der Waals surface area contributed by atoms with Crippen LogP contribution in [0.1, 0.15) is 11.1 Å². The van der Waals surface area contributed by atoms with Gasteiger partial charge >= 0.3 is 0 Å². The molecule has 0 aliphatic rings. The lowest BCUT2D eigenvalue weighted by Crippen LogP contribution is -1.90. The van der Waals surface area contributed by atoms with Crippen LogP contribution in [0.15, 0.2) is 255 Å². The highest BCUT2D eigenvalue weighted by atomic mass is 14.2. The second-order valence-corrected chi connectivity index (χ2v) is 17.2. The summed E-state index contributed by atoms with van der Waals surface area (Å²) in [5.41, 5.74) is 17.2. The van der Waals surface area contributed by atoms with Crippen molar-refractivity contribution in [1.82, 2.24) is 0 Å². The average Bonchev–Trinajstić information content (AvgIpc) is 3.39. The van der Waals surface area contributed by atoms with Crippen molar-refractivity contribution < 1.29 is 0 Å². The van der Waals surface area contributed by atoms with Crippen LogP contribution in [0.4, 0.5) is 0 Å². The first-order valence-corrected chi connectivity index (χ1v) is 22.8. The van der Waals surface area contributed by atoms with E-state index in [0.29, 0.717) is 0 Å². The smallest absolute Gasteiger partial charge is 0.00264 e. The van der Waals surface area contributed by atoms with Crippen LogP contribution in [-0.4, -0.2) is 0 Å². The summed E-state index contributed by atoms with van der Waals surface area (Å²) in [6, 6.07) is 92.9. The van der Waals surface area contributed by atoms with Gasteiger partial charge in [-0.25, -0.2) is 0 Å². The summed E-state index contributed by atoms with van der Waals surface area (Å²) < 4.78 is 0. The van der Waals surface area contributed by atoms with E-state index in [1.165, 1.54) is 110 Å². The fourth-order valence-corrected chi connectivity index (χ4v) is 10.2. The Bertz CT molecular complexity index is 3400. The minimum absolute atomic E-state index is 1.16. The molecule has 66 heavy (non-hydrogen) atoms. The lowest BCUT2D eigenvalue weighted by Gasteiger charge is -2.18. The summed E-state index contributed by atoms with van der Waals surface area (Å²) in [7, 11) is 0. The van der Waals surface area contributed by atoms with Gasteiger partial charge in [-0.15, -0.1) is 0 Å². The topological polar surface area (TPSA) is 0 Å². The van der Waals surface area contributed by atoms with Crippen LogP contribution < -0.4 is 0 Å². The molecular weight excluding hydrogens is 793 g/mol. The number of hydrogen-bond acceptors (Lipinski definition) is 0. The van der Waals surface area contributed by atoms with Crippen LogP contribution in [0, 0.1) is 0 Å². The molecule has 12 aromatic carbocycles. The molecule has 308 valence electrons. The minimum Gasteiger partial charge on any atom is -0.0622 e. The summed E-state index contributed by atoms with van der Waals surface area (Å²) in [6.07, 6.45) is 4.45. The van der Waals surface area contributed by atoms with Crippen LogP contribution >= 0.6 is 0 Å². The molecule has 0 spiro atoms. The molecule has 0 radical (unpaired) electrons. The highest BCUT2D eigenvalue weighted by molar-refractivity contribution is 6.22. The molecule has 12 rings (SSSR count). The van der Waals surface area contributed by atoms with Gasteiger partial charge in [-0.3, -0.25) is 0 Å². The molecule has 0 N–H and O–H groups in total. The molecule has 0 unspecified atom stereocenters. The van der Waals surface area contributed by atoms with E-state index in [0.717, 1.165) is 11.1 Å². The first kappa shape index (κ1) is 39.0. The van der Waals surface area contributed by atoms with Crippen molar-refractivity contribution in [2.75, 3.05) is 0 Å². The third kappa shape index (κ3) is 7.06. The molecule has 0 saturated carbocycles. The standard InChI is InChI=1S/C66H44/c1-3-19-49(20-4-1)63-55-25-7-11-29-59(55)65(60-30-12-8-26-56(60)63)51-39-35-47(36-40-51)53-23-15-17-45(43-53)33-34-46-18-16-24-54(44-46)48-37-41-52(42-38-48)66-61-31-13-9-27-57(61)64(50-21-5-2-6-22-50)58-28-10-14-32-62(58)66/h1-44H. The Morgan fingerprint density at radius 3 is 0.682 bits per heavy atom. The third-order valence-electron chi connectivity index (χ3n) is 13.2. The normalized spacial score (nSPS) is 11.6. The molecule has 0 atom stereocenters. The van der Waals surface area contributed by atoms with Gasteiger partial charge in [0.2, 0.25) is 0 Å². The predicted molar refractivity (Wildman–Crippen MR) is 284 cm³/mol. The zero-order valence-corrected chi connectivity index (χ0v) is 36.4. The van der Waals surface area contributed by atoms with Gasteiger partial charge in [-0.2, -0.15) is 0 Å². The van der Waals surface area contributed by atoms with E-state index < -0.39 is 0 Å². The number of rotatable bonds is 8. The Labute approximate surface area is 386 Å². The Kier molecular flexibility index (Phi) is 9.97. The molecule has 0 bridgehead atoms. The maximum absolute atomic E-state index is 2.29. The summed E-state index contributed by atoms with van der Waals surface area (Å²) in [6.45, 7) is 0. The van der Waals surface area contributed by atoms with E-state index in [1.54, 1.807) is 0 Å². The molecule has 0 nitrogen and oxygen atoms in total. The predicted octanol–water partition coefficient (Wildman–Crippen LogP) is 18.5. The SMILES string of the molecule is C(=Cc1cccc(-c2ccc(-c3c4ccccc4c(-c4ccccc4)c4ccccc34)cc2)c1)c1cccc(-c2ccc(-c3c4ccccc4c(-c4ccccc4)c4ccccc34)cc2)c1. The van der Waals surface area contributed by atoms with E-state index in [9.17, 15) is 0 Å². The summed E-state index contributed by atoms with van der Waals surface area (Å²) >= 11 is 0. The van der Waals surface area contributed by atoms with Crippen molar-refractivity contribution in [3.63, 3.8) is 0 Å². The molecule has 0 aliphatic heterocycles. The summed E-state index contributed by atoms with van der Waals surface area (Å²) in [5, 5.41) is 10.2. The van der Waals surface area contributed by atoms with Gasteiger partial charge in [0.05, 0.1) is 0 Å². The van der Waals surface area contributed by atoms with Crippen molar-refractivity contribution in [3.8, 4) is 66.8 Å². The Balaban J connectivity index is 0.823. The van der Waals surface area contributed by atoms with E-state index in [-0.39, 0.29) is 0 Å². The van der Waals surface area contributed by atoms with Crippen LogP contribution in [0.3, 0.4) is 0 Å². The number of fused-ring (bicyclic) bond motifs is 4. The monoisotopic (exact) mass is 836 g/mol. The Morgan fingerprint density at radius 2 is 0.394 bits per heavy atom. The van der Waals surface area contributed by atoms with Crippen molar-refractivity contribution >= 4 is 55.2 Å². The Hall–Kier alpha value is -8.58. The van der Waals surface area contributed by atoms with Gasteiger partial charge in [0.1, 0.15) is 0 Å². The average molecular weight is 837 g/mol. The van der Waals surface area contributed by atoms with Crippen LogP contribution in [0.5, 0.6) is 0 Å². The second kappa shape index (κ2) is 16.8. The zero-order chi connectivity index (χ0) is 43.8. The molecule has 0 aromatic heterocycles. The van der Waals surface area contributed by atoms with Gasteiger partial charge in [0.25, 0.3) is 0 Å². The molecule has 0 fully saturated rings. The van der Waals surface area contributed by atoms with Crippen LogP contribution in [0.25, 0.3) is 122 Å². The fraction of sp³-hybridized carbons (Fsp3) is 0. The zero-order valence-electron chi connectivity index (χ0n) is 36.4. The van der Waals surface area contributed by atoms with Crippen LogP contribution in [-0.2, 0) is 0 Å². The maximum atomic E-state index is 2.29. The van der Waals surface area contributed by atoms with Crippen molar-refractivity contribution in [3.05, 3.63) is 266 Å². The first-order valence-electron chi connectivity index (χ1n) is 22.8. The van der Waals surface area contributed by atoms with Gasteiger partial charge in [-0.1, -0.05) is 255 Å². The second-order valence-electron chi connectivity index (χ2n) is 17.2. The largest absolute Gasteiger partial charge is 0.0622 e. The highest BCUT2D eigenvalue weighted by Gasteiger charge is 2.18. The van der Waals surface area contributed by atoms with Gasteiger partial charge in [-0.05, 0) is 133 Å². The molecule has 0 heterocycles. The molecular formula is C66H44. The lowest BCUT2D eigenvalue weighted by atomic mass is 9.85. The van der Waals surface area contributed by atoms with E-state index in [4.69, 9.17) is 0 Å². The maximum Gasteiger partial charge on any atom is -0.00264 e. The molecule has 0 saturated heterocycles. The van der Waals surface area contributed by atoms with E-state index in [2.05, 4.69) is 267 Å². The summed E-state index contributed by atoms with van der Waals surface area (Å²) in [4.78, 5) is 0. The number of hydrogen-bond donors (Lipinski definition) is 0. The molecule has 0 heteroatoms. The summed E-state index contributed by atoms with van der Waals surface area (Å²) in [5.74, 6) is 0. The Morgan fingerprint density at radius 1 is 0.167 bits per heavy atom. The van der Waals surface area contributed by atoms with Gasteiger partial charge in [0.15, 0.2) is 0 Å². The van der Waals surface area contributed by atoms with Crippen molar-refractivity contribution in [1.29, 1.82) is 0 Å². The van der Waals surface area contributed by atoms with Crippen molar-refractivity contribution in [2.45, 2.75) is 0 Å². The van der Waals surface area contributed by atoms with E-state index >= 15 is 0 Å². The molecule has 12 aromatic rings. The highest BCUT2D eigenvalue weighted by Crippen LogP contribution is 2.45.